The monoisotopic (exact) mass is 253 g/mol. The number of rotatable bonds is 3. The maximum atomic E-state index is 13.6. The molecule has 0 aliphatic heterocycles. The SMILES string of the molecule is Cc1cc(F)c(NC(C)c2ccsc2)cc1F. The molecule has 0 bridgehead atoms. The summed E-state index contributed by atoms with van der Waals surface area (Å²) in [6.07, 6.45) is 0. The Labute approximate surface area is 103 Å². The lowest BCUT2D eigenvalue weighted by molar-refractivity contribution is 0.593. The summed E-state index contributed by atoms with van der Waals surface area (Å²) >= 11 is 1.58. The average Bonchev–Trinajstić information content (AvgIpc) is 2.79. The third kappa shape index (κ3) is 2.64. The molecule has 90 valence electrons. The van der Waals surface area contributed by atoms with E-state index in [1.54, 1.807) is 18.3 Å². The fourth-order valence-corrected chi connectivity index (χ4v) is 2.35. The lowest BCUT2D eigenvalue weighted by atomic mass is 10.1. The molecule has 0 saturated heterocycles. The number of hydrogen-bond acceptors (Lipinski definition) is 2. The topological polar surface area (TPSA) is 12.0 Å². The van der Waals surface area contributed by atoms with Gasteiger partial charge in [-0.3, -0.25) is 0 Å². The van der Waals surface area contributed by atoms with E-state index in [0.717, 1.165) is 5.56 Å². The lowest BCUT2D eigenvalue weighted by Gasteiger charge is -2.15. The maximum absolute atomic E-state index is 13.6. The van der Waals surface area contributed by atoms with Gasteiger partial charge < -0.3 is 5.32 Å². The molecule has 2 rings (SSSR count). The van der Waals surface area contributed by atoms with E-state index in [1.165, 1.54) is 12.1 Å². The van der Waals surface area contributed by atoms with E-state index in [1.807, 2.05) is 23.8 Å². The highest BCUT2D eigenvalue weighted by Gasteiger charge is 2.11. The Morgan fingerprint density at radius 1 is 1.24 bits per heavy atom. The zero-order chi connectivity index (χ0) is 12.4. The van der Waals surface area contributed by atoms with Crippen LogP contribution in [0.4, 0.5) is 14.5 Å². The second-order valence-electron chi connectivity index (χ2n) is 4.00. The fourth-order valence-electron chi connectivity index (χ4n) is 1.59. The summed E-state index contributed by atoms with van der Waals surface area (Å²) in [7, 11) is 0. The van der Waals surface area contributed by atoms with Gasteiger partial charge in [-0.2, -0.15) is 11.3 Å². The van der Waals surface area contributed by atoms with E-state index < -0.39 is 11.6 Å². The van der Waals surface area contributed by atoms with Gasteiger partial charge in [-0.05, 0) is 47.9 Å². The molecule has 1 N–H and O–H groups in total. The third-order valence-corrected chi connectivity index (χ3v) is 3.36. The van der Waals surface area contributed by atoms with E-state index >= 15 is 0 Å². The summed E-state index contributed by atoms with van der Waals surface area (Å²) < 4.78 is 27.0. The van der Waals surface area contributed by atoms with Crippen molar-refractivity contribution in [2.75, 3.05) is 5.32 Å². The predicted molar refractivity (Wildman–Crippen MR) is 67.5 cm³/mol. The molecule has 2 aromatic rings. The van der Waals surface area contributed by atoms with Crippen molar-refractivity contribution >= 4 is 17.0 Å². The molecule has 1 heterocycles. The van der Waals surface area contributed by atoms with Crippen molar-refractivity contribution in [3.63, 3.8) is 0 Å². The van der Waals surface area contributed by atoms with E-state index in [-0.39, 0.29) is 11.7 Å². The molecule has 1 atom stereocenters. The van der Waals surface area contributed by atoms with Crippen LogP contribution in [-0.2, 0) is 0 Å². The van der Waals surface area contributed by atoms with Crippen molar-refractivity contribution < 1.29 is 8.78 Å². The third-order valence-electron chi connectivity index (χ3n) is 2.66. The van der Waals surface area contributed by atoms with Gasteiger partial charge in [-0.25, -0.2) is 8.78 Å². The highest BCUT2D eigenvalue weighted by Crippen LogP contribution is 2.25. The first-order chi connectivity index (χ1) is 8.08. The standard InChI is InChI=1S/C13H13F2NS/c1-8-5-12(15)13(6-11(8)14)16-9(2)10-3-4-17-7-10/h3-7,9,16H,1-2H3. The first kappa shape index (κ1) is 12.0. The lowest BCUT2D eigenvalue weighted by Crippen LogP contribution is -2.07. The largest absolute Gasteiger partial charge is 0.376 e. The van der Waals surface area contributed by atoms with E-state index in [9.17, 15) is 8.78 Å². The van der Waals surface area contributed by atoms with Crippen LogP contribution < -0.4 is 5.32 Å². The Bertz CT molecular complexity index is 508. The molecular weight excluding hydrogens is 240 g/mol. The predicted octanol–water partition coefficient (Wildman–Crippen LogP) is 4.51. The number of nitrogens with one attached hydrogen (secondary N) is 1. The molecule has 0 fully saturated rings. The summed E-state index contributed by atoms with van der Waals surface area (Å²) in [5, 5.41) is 6.92. The summed E-state index contributed by atoms with van der Waals surface area (Å²) in [6.45, 7) is 3.46. The second kappa shape index (κ2) is 4.84. The van der Waals surface area contributed by atoms with Gasteiger partial charge in [0.05, 0.1) is 5.69 Å². The molecule has 0 spiro atoms. The number of aryl methyl sites for hydroxylation is 1. The number of benzene rings is 1. The highest BCUT2D eigenvalue weighted by atomic mass is 32.1. The van der Waals surface area contributed by atoms with Gasteiger partial charge >= 0.3 is 0 Å². The first-order valence-electron chi connectivity index (χ1n) is 5.32. The van der Waals surface area contributed by atoms with Crippen molar-refractivity contribution in [2.45, 2.75) is 19.9 Å². The molecule has 0 aliphatic carbocycles. The van der Waals surface area contributed by atoms with Gasteiger partial charge in [0.25, 0.3) is 0 Å². The number of anilines is 1. The molecule has 1 aromatic carbocycles. The molecule has 0 amide bonds. The van der Waals surface area contributed by atoms with Gasteiger partial charge in [0, 0.05) is 12.1 Å². The van der Waals surface area contributed by atoms with Crippen molar-refractivity contribution in [2.24, 2.45) is 0 Å². The maximum Gasteiger partial charge on any atom is 0.146 e. The average molecular weight is 253 g/mol. The Kier molecular flexibility index (Phi) is 3.43. The van der Waals surface area contributed by atoms with Crippen LogP contribution >= 0.6 is 11.3 Å². The van der Waals surface area contributed by atoms with Crippen molar-refractivity contribution in [1.82, 2.24) is 0 Å². The first-order valence-corrected chi connectivity index (χ1v) is 6.26. The van der Waals surface area contributed by atoms with Gasteiger partial charge in [-0.1, -0.05) is 0 Å². The molecule has 0 saturated carbocycles. The molecular formula is C13H13F2NS. The zero-order valence-electron chi connectivity index (χ0n) is 9.63. The molecule has 1 nitrogen and oxygen atoms in total. The van der Waals surface area contributed by atoms with Crippen LogP contribution in [0.1, 0.15) is 24.1 Å². The van der Waals surface area contributed by atoms with E-state index in [0.29, 0.717) is 5.56 Å². The minimum Gasteiger partial charge on any atom is -0.376 e. The van der Waals surface area contributed by atoms with Crippen LogP contribution in [-0.4, -0.2) is 0 Å². The van der Waals surface area contributed by atoms with Crippen LogP contribution in [0.5, 0.6) is 0 Å². The Morgan fingerprint density at radius 3 is 2.65 bits per heavy atom. The molecule has 0 aliphatic rings. The van der Waals surface area contributed by atoms with E-state index in [2.05, 4.69) is 5.32 Å². The normalized spacial score (nSPS) is 12.5. The van der Waals surface area contributed by atoms with Crippen molar-refractivity contribution in [3.8, 4) is 0 Å². The number of thiophene rings is 1. The van der Waals surface area contributed by atoms with Crippen LogP contribution in [0.15, 0.2) is 29.0 Å². The van der Waals surface area contributed by atoms with Crippen LogP contribution in [0.25, 0.3) is 0 Å². The Morgan fingerprint density at radius 2 is 2.00 bits per heavy atom. The summed E-state index contributed by atoms with van der Waals surface area (Å²) in [6, 6.07) is 4.33. The fraction of sp³-hybridized carbons (Fsp3) is 0.231. The van der Waals surface area contributed by atoms with E-state index in [4.69, 9.17) is 0 Å². The number of hydrogen-bond donors (Lipinski definition) is 1. The summed E-state index contributed by atoms with van der Waals surface area (Å²) in [5.74, 6) is -0.822. The molecule has 4 heteroatoms. The number of halogens is 2. The Hall–Kier alpha value is -1.42. The molecule has 0 radical (unpaired) electrons. The molecule has 1 unspecified atom stereocenters. The summed E-state index contributed by atoms with van der Waals surface area (Å²) in [4.78, 5) is 0. The smallest absolute Gasteiger partial charge is 0.146 e. The van der Waals surface area contributed by atoms with Crippen LogP contribution in [0, 0.1) is 18.6 Å². The van der Waals surface area contributed by atoms with Crippen LogP contribution in [0.2, 0.25) is 0 Å². The Balaban J connectivity index is 2.22. The highest BCUT2D eigenvalue weighted by molar-refractivity contribution is 7.07. The zero-order valence-corrected chi connectivity index (χ0v) is 10.4. The summed E-state index contributed by atoms with van der Waals surface area (Å²) in [5.41, 5.74) is 1.58. The van der Waals surface area contributed by atoms with Gasteiger partial charge in [-0.15, -0.1) is 0 Å². The molecule has 17 heavy (non-hydrogen) atoms. The van der Waals surface area contributed by atoms with Gasteiger partial charge in [0.15, 0.2) is 0 Å². The minimum atomic E-state index is -0.425. The van der Waals surface area contributed by atoms with Crippen molar-refractivity contribution in [1.29, 1.82) is 0 Å². The second-order valence-corrected chi connectivity index (χ2v) is 4.78. The molecule has 1 aromatic heterocycles. The minimum absolute atomic E-state index is 0.0437. The van der Waals surface area contributed by atoms with Gasteiger partial charge in [0.2, 0.25) is 0 Å². The van der Waals surface area contributed by atoms with Crippen LogP contribution in [0.3, 0.4) is 0 Å². The van der Waals surface area contributed by atoms with Gasteiger partial charge in [0.1, 0.15) is 11.6 Å². The quantitative estimate of drug-likeness (QED) is 0.848. The van der Waals surface area contributed by atoms with Crippen molar-refractivity contribution in [3.05, 3.63) is 51.7 Å².